The lowest BCUT2D eigenvalue weighted by molar-refractivity contribution is 0.170. The molecule has 0 saturated heterocycles. The Bertz CT molecular complexity index is 434. The first-order chi connectivity index (χ1) is 8.29. The number of thioether (sulfide) groups is 1. The summed E-state index contributed by atoms with van der Waals surface area (Å²) in [5.41, 5.74) is 0.932. The van der Waals surface area contributed by atoms with E-state index in [2.05, 4.69) is 19.1 Å². The molecule has 0 radical (unpaired) electrons. The number of benzene rings is 1. The van der Waals surface area contributed by atoms with Gasteiger partial charge in [-0.2, -0.15) is 0 Å². The van der Waals surface area contributed by atoms with Crippen LogP contribution in [0.3, 0.4) is 0 Å². The molecule has 0 amide bonds. The summed E-state index contributed by atoms with van der Waals surface area (Å²) in [6.45, 7) is 2.13. The molecule has 17 heavy (non-hydrogen) atoms. The van der Waals surface area contributed by atoms with Gasteiger partial charge in [-0.1, -0.05) is 19.1 Å². The van der Waals surface area contributed by atoms with Gasteiger partial charge in [0.25, 0.3) is 0 Å². The van der Waals surface area contributed by atoms with Crippen LogP contribution in [0.15, 0.2) is 52.0 Å². The van der Waals surface area contributed by atoms with Crippen LogP contribution in [0.2, 0.25) is 0 Å². The molecule has 0 aliphatic carbocycles. The maximum absolute atomic E-state index is 10.0. The molecular formula is C14H16O2S. The fourth-order valence-corrected chi connectivity index (χ4v) is 2.35. The van der Waals surface area contributed by atoms with Gasteiger partial charge in [0.1, 0.15) is 5.76 Å². The predicted molar refractivity (Wildman–Crippen MR) is 70.2 cm³/mol. The summed E-state index contributed by atoms with van der Waals surface area (Å²) in [5.74, 6) is 1.87. The summed E-state index contributed by atoms with van der Waals surface area (Å²) in [5, 5.41) is 10.0. The van der Waals surface area contributed by atoms with Crippen LogP contribution in [0.1, 0.15) is 24.4 Å². The van der Waals surface area contributed by atoms with Crippen LogP contribution in [0.5, 0.6) is 0 Å². The SMILES string of the molecule is CCSc1ccc(C(O)Cc2ccco2)cc1. The van der Waals surface area contributed by atoms with E-state index in [9.17, 15) is 5.11 Å². The van der Waals surface area contributed by atoms with Crippen molar-refractivity contribution in [2.75, 3.05) is 5.75 Å². The molecule has 3 heteroatoms. The first kappa shape index (κ1) is 12.3. The van der Waals surface area contributed by atoms with Gasteiger partial charge in [-0.25, -0.2) is 0 Å². The lowest BCUT2D eigenvalue weighted by Crippen LogP contribution is -2.00. The van der Waals surface area contributed by atoms with Crippen molar-refractivity contribution in [2.45, 2.75) is 24.3 Å². The third kappa shape index (κ3) is 3.38. The molecule has 0 saturated carbocycles. The molecule has 2 nitrogen and oxygen atoms in total. The Morgan fingerprint density at radius 1 is 1.24 bits per heavy atom. The second-order valence-corrected chi connectivity index (χ2v) is 5.14. The Balaban J connectivity index is 2.01. The molecule has 2 aromatic rings. The summed E-state index contributed by atoms with van der Waals surface area (Å²) < 4.78 is 5.22. The van der Waals surface area contributed by atoms with E-state index in [0.29, 0.717) is 6.42 Å². The molecule has 0 bridgehead atoms. The zero-order valence-corrected chi connectivity index (χ0v) is 10.6. The third-order valence-electron chi connectivity index (χ3n) is 2.55. The highest BCUT2D eigenvalue weighted by molar-refractivity contribution is 7.99. The maximum Gasteiger partial charge on any atom is 0.106 e. The van der Waals surface area contributed by atoms with Crippen molar-refractivity contribution in [2.24, 2.45) is 0 Å². The van der Waals surface area contributed by atoms with Gasteiger partial charge in [-0.3, -0.25) is 0 Å². The highest BCUT2D eigenvalue weighted by atomic mass is 32.2. The van der Waals surface area contributed by atoms with Gasteiger partial charge in [0.2, 0.25) is 0 Å². The molecule has 90 valence electrons. The van der Waals surface area contributed by atoms with Gasteiger partial charge in [0.15, 0.2) is 0 Å². The quantitative estimate of drug-likeness (QED) is 0.820. The lowest BCUT2D eigenvalue weighted by Gasteiger charge is -2.09. The van der Waals surface area contributed by atoms with Crippen molar-refractivity contribution in [1.29, 1.82) is 0 Å². The first-order valence-electron chi connectivity index (χ1n) is 5.73. The standard InChI is InChI=1S/C14H16O2S/c1-2-17-13-7-5-11(6-8-13)14(15)10-12-4-3-9-16-12/h3-9,14-15H,2,10H2,1H3. The highest BCUT2D eigenvalue weighted by Gasteiger charge is 2.10. The largest absolute Gasteiger partial charge is 0.469 e. The van der Waals surface area contributed by atoms with E-state index in [1.54, 1.807) is 18.0 Å². The zero-order valence-electron chi connectivity index (χ0n) is 9.80. The molecule has 1 heterocycles. The number of aliphatic hydroxyl groups is 1. The minimum absolute atomic E-state index is 0.498. The Morgan fingerprint density at radius 2 is 2.00 bits per heavy atom. The van der Waals surface area contributed by atoms with Gasteiger partial charge in [-0.05, 0) is 35.6 Å². The third-order valence-corrected chi connectivity index (χ3v) is 3.44. The fourth-order valence-electron chi connectivity index (χ4n) is 1.69. The summed E-state index contributed by atoms with van der Waals surface area (Å²) in [7, 11) is 0. The van der Waals surface area contributed by atoms with Crippen molar-refractivity contribution in [1.82, 2.24) is 0 Å². The number of hydrogen-bond donors (Lipinski definition) is 1. The second-order valence-electron chi connectivity index (χ2n) is 3.80. The van der Waals surface area contributed by atoms with E-state index in [0.717, 1.165) is 17.1 Å². The van der Waals surface area contributed by atoms with Crippen LogP contribution in [0, 0.1) is 0 Å². The Hall–Kier alpha value is -1.19. The van der Waals surface area contributed by atoms with Crippen molar-refractivity contribution in [3.8, 4) is 0 Å². The van der Waals surface area contributed by atoms with Gasteiger partial charge < -0.3 is 9.52 Å². The molecular weight excluding hydrogens is 232 g/mol. The summed E-state index contributed by atoms with van der Waals surface area (Å²) in [4.78, 5) is 1.24. The van der Waals surface area contributed by atoms with E-state index in [-0.39, 0.29) is 0 Å². The van der Waals surface area contributed by atoms with E-state index < -0.39 is 6.10 Å². The number of furan rings is 1. The normalized spacial score (nSPS) is 12.6. The van der Waals surface area contributed by atoms with Gasteiger partial charge >= 0.3 is 0 Å². The fraction of sp³-hybridized carbons (Fsp3) is 0.286. The maximum atomic E-state index is 10.0. The Morgan fingerprint density at radius 3 is 2.59 bits per heavy atom. The summed E-state index contributed by atoms with van der Waals surface area (Å²) in [6, 6.07) is 11.8. The predicted octanol–water partition coefficient (Wildman–Crippen LogP) is 3.67. The molecule has 2 rings (SSSR count). The van der Waals surface area contributed by atoms with Crippen LogP contribution >= 0.6 is 11.8 Å². The van der Waals surface area contributed by atoms with Gasteiger partial charge in [0, 0.05) is 11.3 Å². The van der Waals surface area contributed by atoms with E-state index in [4.69, 9.17) is 4.42 Å². The molecule has 0 aliphatic heterocycles. The first-order valence-corrected chi connectivity index (χ1v) is 6.71. The van der Waals surface area contributed by atoms with E-state index in [1.165, 1.54) is 4.90 Å². The van der Waals surface area contributed by atoms with E-state index >= 15 is 0 Å². The molecule has 0 aliphatic rings. The van der Waals surface area contributed by atoms with Crippen LogP contribution in [0.25, 0.3) is 0 Å². The highest BCUT2D eigenvalue weighted by Crippen LogP contribution is 2.23. The molecule has 0 spiro atoms. The van der Waals surface area contributed by atoms with Crippen molar-refractivity contribution in [3.63, 3.8) is 0 Å². The molecule has 1 atom stereocenters. The molecule has 1 aromatic carbocycles. The summed E-state index contributed by atoms with van der Waals surface area (Å²) >= 11 is 1.80. The van der Waals surface area contributed by atoms with Gasteiger partial charge in [0.05, 0.1) is 12.4 Å². The summed E-state index contributed by atoms with van der Waals surface area (Å²) in [6.07, 6.45) is 1.65. The lowest BCUT2D eigenvalue weighted by atomic mass is 10.1. The van der Waals surface area contributed by atoms with Crippen LogP contribution in [-0.2, 0) is 6.42 Å². The van der Waals surface area contributed by atoms with E-state index in [1.807, 2.05) is 24.3 Å². The minimum Gasteiger partial charge on any atom is -0.469 e. The van der Waals surface area contributed by atoms with Gasteiger partial charge in [-0.15, -0.1) is 11.8 Å². The van der Waals surface area contributed by atoms with Crippen LogP contribution in [-0.4, -0.2) is 10.9 Å². The molecule has 1 unspecified atom stereocenters. The molecule has 1 aromatic heterocycles. The van der Waals surface area contributed by atoms with Crippen molar-refractivity contribution in [3.05, 3.63) is 54.0 Å². The minimum atomic E-state index is -0.498. The monoisotopic (exact) mass is 248 g/mol. The molecule has 0 fully saturated rings. The number of aliphatic hydroxyl groups excluding tert-OH is 1. The number of hydrogen-bond acceptors (Lipinski definition) is 3. The van der Waals surface area contributed by atoms with Crippen molar-refractivity contribution < 1.29 is 9.52 Å². The Kier molecular flexibility index (Phi) is 4.29. The van der Waals surface area contributed by atoms with Crippen molar-refractivity contribution >= 4 is 11.8 Å². The molecule has 1 N–H and O–H groups in total. The van der Waals surface area contributed by atoms with Crippen LogP contribution in [0.4, 0.5) is 0 Å². The smallest absolute Gasteiger partial charge is 0.106 e. The second kappa shape index (κ2) is 5.94. The Labute approximate surface area is 106 Å². The topological polar surface area (TPSA) is 33.4 Å². The zero-order chi connectivity index (χ0) is 12.1. The average molecular weight is 248 g/mol. The number of rotatable bonds is 5. The average Bonchev–Trinajstić information content (AvgIpc) is 2.83. The van der Waals surface area contributed by atoms with Crippen LogP contribution < -0.4 is 0 Å².